The first-order valence-corrected chi connectivity index (χ1v) is 9.31. The van der Waals surface area contributed by atoms with Crippen molar-refractivity contribution < 1.29 is 36.8 Å². The van der Waals surface area contributed by atoms with Crippen LogP contribution in [0, 0.1) is 13.8 Å². The molecule has 1 aromatic heterocycles. The molecule has 12 nitrogen and oxygen atoms in total. The van der Waals surface area contributed by atoms with Gasteiger partial charge in [-0.3, -0.25) is 5.32 Å². The molecule has 1 heterocycles. The fraction of sp³-hybridized carbons (Fsp3) is 0.250. The number of carbonyl (C=O) groups excluding carboxylic acids is 1. The van der Waals surface area contributed by atoms with Crippen molar-refractivity contribution in [3.63, 3.8) is 0 Å². The maximum Gasteiger partial charge on any atom is 0.411 e. The number of nitrogens with zero attached hydrogens (tertiary/aromatic N) is 2. The third-order valence-electron chi connectivity index (χ3n) is 3.64. The van der Waals surface area contributed by atoms with E-state index >= 15 is 0 Å². The van der Waals surface area contributed by atoms with Crippen molar-refractivity contribution in [1.29, 1.82) is 0 Å². The van der Waals surface area contributed by atoms with E-state index in [2.05, 4.69) is 15.3 Å². The van der Waals surface area contributed by atoms with Crippen LogP contribution in [-0.4, -0.2) is 49.7 Å². The summed E-state index contributed by atoms with van der Waals surface area (Å²) in [5.41, 5.74) is 0.512. The smallest absolute Gasteiger partial charge is 0.411 e. The molecule has 0 aliphatic carbocycles. The first kappa shape index (κ1) is 21.7. The van der Waals surface area contributed by atoms with Gasteiger partial charge >= 0.3 is 22.3 Å². The number of rotatable bonds is 7. The number of ether oxygens (including phenoxy) is 2. The van der Waals surface area contributed by atoms with E-state index < -0.39 is 28.1 Å². The Hall–Kier alpha value is -3.61. The third kappa shape index (κ3) is 5.44. The van der Waals surface area contributed by atoms with E-state index in [1.54, 1.807) is 11.6 Å². The van der Waals surface area contributed by atoms with Crippen LogP contribution in [0.15, 0.2) is 18.2 Å². The minimum absolute atomic E-state index is 0.0627. The molecular weight excluding hydrogens is 408 g/mol. The van der Waals surface area contributed by atoms with Crippen molar-refractivity contribution in [2.24, 2.45) is 0 Å². The molecular formula is C16H18N4O8S. The zero-order chi connectivity index (χ0) is 21.8. The molecule has 0 saturated carbocycles. The van der Waals surface area contributed by atoms with Gasteiger partial charge < -0.3 is 18.8 Å². The Morgan fingerprint density at radius 1 is 1.07 bits per heavy atom. The molecule has 0 atom stereocenters. The number of urea groups is 1. The molecule has 156 valence electrons. The quantitative estimate of drug-likeness (QED) is 0.586. The number of amides is 2. The number of carboxylic acid groups (broad SMARTS) is 1. The number of benzene rings is 1. The first-order chi connectivity index (χ1) is 13.6. The molecule has 0 fully saturated rings. The summed E-state index contributed by atoms with van der Waals surface area (Å²) in [6, 6.07) is 2.80. The SMILES string of the molecule is COc1cc(OC)nc(NC(=O)NS(=O)(=O)Oc2c(C(=O)O)ccc(C)c2C)n1. The number of anilines is 1. The van der Waals surface area contributed by atoms with Gasteiger partial charge in [0, 0.05) is 0 Å². The Balaban J connectivity index is 2.21. The molecule has 0 aliphatic rings. The van der Waals surface area contributed by atoms with Crippen molar-refractivity contribution in [3.05, 3.63) is 34.9 Å². The van der Waals surface area contributed by atoms with E-state index in [9.17, 15) is 23.1 Å². The minimum Gasteiger partial charge on any atom is -0.481 e. The van der Waals surface area contributed by atoms with Crippen LogP contribution in [0.5, 0.6) is 17.5 Å². The number of hydrogen-bond acceptors (Lipinski definition) is 9. The highest BCUT2D eigenvalue weighted by Gasteiger charge is 2.24. The van der Waals surface area contributed by atoms with Gasteiger partial charge in [0.25, 0.3) is 0 Å². The van der Waals surface area contributed by atoms with Gasteiger partial charge in [-0.05, 0) is 31.0 Å². The summed E-state index contributed by atoms with van der Waals surface area (Å²) < 4.78 is 40.7. The average Bonchev–Trinajstić information content (AvgIpc) is 2.64. The number of aromatic carboxylic acids is 1. The Labute approximate surface area is 166 Å². The summed E-state index contributed by atoms with van der Waals surface area (Å²) in [4.78, 5) is 31.0. The molecule has 13 heteroatoms. The van der Waals surface area contributed by atoms with Gasteiger partial charge in [-0.25, -0.2) is 14.3 Å². The topological polar surface area (TPSA) is 166 Å². The Morgan fingerprint density at radius 2 is 1.66 bits per heavy atom. The van der Waals surface area contributed by atoms with E-state index in [1.165, 1.54) is 39.3 Å². The predicted octanol–water partition coefficient (Wildman–Crippen LogP) is 1.25. The van der Waals surface area contributed by atoms with E-state index in [4.69, 9.17) is 13.7 Å². The lowest BCUT2D eigenvalue weighted by Gasteiger charge is -2.14. The summed E-state index contributed by atoms with van der Waals surface area (Å²) >= 11 is 0. The van der Waals surface area contributed by atoms with Crippen molar-refractivity contribution in [2.45, 2.75) is 13.8 Å². The van der Waals surface area contributed by atoms with Crippen molar-refractivity contribution >= 4 is 28.3 Å². The number of nitrogens with one attached hydrogen (secondary N) is 2. The van der Waals surface area contributed by atoms with Gasteiger partial charge in [0.2, 0.25) is 17.7 Å². The number of aryl methyl sites for hydroxylation is 1. The summed E-state index contributed by atoms with van der Waals surface area (Å²) in [7, 11) is -2.07. The van der Waals surface area contributed by atoms with E-state index in [-0.39, 0.29) is 28.8 Å². The predicted molar refractivity (Wildman–Crippen MR) is 99.7 cm³/mol. The second-order valence-electron chi connectivity index (χ2n) is 5.56. The largest absolute Gasteiger partial charge is 0.481 e. The normalized spacial score (nSPS) is 10.8. The van der Waals surface area contributed by atoms with Gasteiger partial charge in [-0.2, -0.15) is 18.4 Å². The minimum atomic E-state index is -4.72. The second kappa shape index (κ2) is 8.60. The van der Waals surface area contributed by atoms with Crippen LogP contribution in [0.2, 0.25) is 0 Å². The Kier molecular flexibility index (Phi) is 6.43. The van der Waals surface area contributed by atoms with E-state index in [0.717, 1.165) is 0 Å². The third-order valence-corrected chi connectivity index (χ3v) is 4.46. The van der Waals surface area contributed by atoms with Crippen molar-refractivity contribution in [1.82, 2.24) is 14.7 Å². The number of carboxylic acids is 1. The maximum absolute atomic E-state index is 12.2. The number of aromatic nitrogens is 2. The fourth-order valence-electron chi connectivity index (χ4n) is 2.11. The Bertz CT molecular complexity index is 1030. The first-order valence-electron chi connectivity index (χ1n) is 7.90. The molecule has 29 heavy (non-hydrogen) atoms. The molecule has 3 N–H and O–H groups in total. The average molecular weight is 426 g/mol. The standard InChI is InChI=1S/C16H18N4O8S/c1-8-5-6-10(14(21)22)13(9(8)2)28-29(24,25)20-16(23)19-15-17-11(26-3)7-12(18-15)27-4/h5-7H,1-4H3,(H,21,22)(H2,17,18,19,20,23). The maximum atomic E-state index is 12.2. The summed E-state index contributed by atoms with van der Waals surface area (Å²) in [6.07, 6.45) is 0. The molecule has 2 amide bonds. The molecule has 0 bridgehead atoms. The van der Waals surface area contributed by atoms with Gasteiger partial charge in [0.05, 0.1) is 20.3 Å². The lowest BCUT2D eigenvalue weighted by Crippen LogP contribution is -2.38. The van der Waals surface area contributed by atoms with Gasteiger partial charge in [-0.1, -0.05) is 6.07 Å². The zero-order valence-electron chi connectivity index (χ0n) is 15.8. The molecule has 1 aromatic carbocycles. The van der Waals surface area contributed by atoms with Crippen LogP contribution < -0.4 is 23.7 Å². The van der Waals surface area contributed by atoms with Crippen LogP contribution >= 0.6 is 0 Å². The lowest BCUT2D eigenvalue weighted by atomic mass is 10.0. The molecule has 0 aliphatic heterocycles. The van der Waals surface area contributed by atoms with Gasteiger partial charge in [-0.15, -0.1) is 0 Å². The number of methoxy groups -OCH3 is 2. The van der Waals surface area contributed by atoms with Gasteiger partial charge in [0.15, 0.2) is 5.75 Å². The molecule has 0 unspecified atom stereocenters. The van der Waals surface area contributed by atoms with Crippen molar-refractivity contribution in [3.8, 4) is 17.5 Å². The molecule has 2 rings (SSSR count). The second-order valence-corrected chi connectivity index (χ2v) is 6.84. The monoisotopic (exact) mass is 426 g/mol. The lowest BCUT2D eigenvalue weighted by molar-refractivity contribution is 0.0695. The van der Waals surface area contributed by atoms with Crippen LogP contribution in [0.4, 0.5) is 10.7 Å². The van der Waals surface area contributed by atoms with Crippen LogP contribution in [-0.2, 0) is 10.3 Å². The summed E-state index contributed by atoms with van der Waals surface area (Å²) in [6.45, 7) is 3.14. The van der Waals surface area contributed by atoms with E-state index in [0.29, 0.717) is 5.56 Å². The highest BCUT2D eigenvalue weighted by Crippen LogP contribution is 2.27. The number of hydrogen-bond donors (Lipinski definition) is 3. The molecule has 0 spiro atoms. The van der Waals surface area contributed by atoms with Crippen molar-refractivity contribution in [2.75, 3.05) is 19.5 Å². The summed E-state index contributed by atoms with van der Waals surface area (Å²) in [5.74, 6) is -1.97. The highest BCUT2D eigenvalue weighted by atomic mass is 32.2. The molecule has 0 saturated heterocycles. The zero-order valence-corrected chi connectivity index (χ0v) is 16.7. The van der Waals surface area contributed by atoms with Crippen LogP contribution in [0.25, 0.3) is 0 Å². The van der Waals surface area contributed by atoms with E-state index in [1.807, 2.05) is 0 Å². The van der Waals surface area contributed by atoms with Crippen LogP contribution in [0.3, 0.4) is 0 Å². The highest BCUT2D eigenvalue weighted by molar-refractivity contribution is 7.85. The van der Waals surface area contributed by atoms with Crippen LogP contribution in [0.1, 0.15) is 21.5 Å². The summed E-state index contributed by atoms with van der Waals surface area (Å²) in [5, 5.41) is 11.3. The molecule has 0 radical (unpaired) electrons. The molecule has 2 aromatic rings. The van der Waals surface area contributed by atoms with Gasteiger partial charge in [0.1, 0.15) is 5.56 Å². The number of carbonyl (C=O) groups is 2. The fourth-order valence-corrected chi connectivity index (χ4v) is 2.86. The Morgan fingerprint density at radius 3 is 2.17 bits per heavy atom.